The Kier molecular flexibility index (Phi) is 4.81. The molecule has 0 saturated heterocycles. The average Bonchev–Trinajstić information content (AvgIpc) is 2.82. The maximum Gasteiger partial charge on any atom is 0.0440 e. The molecule has 1 aromatic carbocycles. The molecular formula is C15H18ClNS. The van der Waals surface area contributed by atoms with Gasteiger partial charge in [-0.3, -0.25) is 0 Å². The summed E-state index contributed by atoms with van der Waals surface area (Å²) in [5, 5.41) is 6.55. The summed E-state index contributed by atoms with van der Waals surface area (Å²) in [6.45, 7) is 5.34. The molecule has 0 aliphatic heterocycles. The highest BCUT2D eigenvalue weighted by molar-refractivity contribution is 7.10. The Hall–Kier alpha value is -0.830. The molecule has 0 spiro atoms. The van der Waals surface area contributed by atoms with Crippen molar-refractivity contribution in [3.05, 3.63) is 57.2 Å². The van der Waals surface area contributed by atoms with Crippen LogP contribution in [0.1, 0.15) is 30.3 Å². The maximum atomic E-state index is 6.00. The van der Waals surface area contributed by atoms with E-state index >= 15 is 0 Å². The molecule has 0 bridgehead atoms. The van der Waals surface area contributed by atoms with Crippen molar-refractivity contribution in [2.45, 2.75) is 26.4 Å². The van der Waals surface area contributed by atoms with Gasteiger partial charge in [0.25, 0.3) is 0 Å². The second-order valence-corrected chi connectivity index (χ2v) is 6.16. The lowest BCUT2D eigenvalue weighted by molar-refractivity contribution is 0.416. The molecule has 18 heavy (non-hydrogen) atoms. The molecule has 0 aliphatic rings. The van der Waals surface area contributed by atoms with Gasteiger partial charge in [-0.15, -0.1) is 11.3 Å². The van der Waals surface area contributed by atoms with Gasteiger partial charge in [-0.2, -0.15) is 0 Å². The molecule has 0 saturated carbocycles. The minimum absolute atomic E-state index is 0.406. The van der Waals surface area contributed by atoms with Crippen LogP contribution in [-0.4, -0.2) is 0 Å². The van der Waals surface area contributed by atoms with Crippen LogP contribution in [0.4, 0.5) is 0 Å². The number of rotatable bonds is 5. The molecule has 1 heterocycles. The number of nitrogens with one attached hydrogen (secondary N) is 1. The summed E-state index contributed by atoms with van der Waals surface area (Å²) >= 11 is 7.81. The Bertz CT molecular complexity index is 479. The van der Waals surface area contributed by atoms with Gasteiger partial charge in [-0.25, -0.2) is 0 Å². The molecule has 1 nitrogen and oxygen atoms in total. The van der Waals surface area contributed by atoms with Crippen molar-refractivity contribution in [3.8, 4) is 0 Å². The Morgan fingerprint density at radius 2 is 2.06 bits per heavy atom. The fraction of sp³-hybridized carbons (Fsp3) is 0.333. The normalized spacial score (nSPS) is 12.9. The molecule has 0 amide bonds. The van der Waals surface area contributed by atoms with E-state index in [1.54, 1.807) is 0 Å². The molecule has 1 aromatic heterocycles. The molecule has 0 aliphatic carbocycles. The quantitative estimate of drug-likeness (QED) is 0.822. The third-order valence-corrected chi connectivity index (χ3v) is 4.12. The van der Waals surface area contributed by atoms with Crippen LogP contribution >= 0.6 is 22.9 Å². The van der Waals surface area contributed by atoms with E-state index in [1.807, 2.05) is 29.5 Å². The average molecular weight is 280 g/mol. The van der Waals surface area contributed by atoms with Crippen LogP contribution in [0.25, 0.3) is 0 Å². The molecule has 3 heteroatoms. The largest absolute Gasteiger partial charge is 0.305 e. The second-order valence-electron chi connectivity index (χ2n) is 4.75. The smallest absolute Gasteiger partial charge is 0.0440 e. The zero-order valence-electron chi connectivity index (χ0n) is 10.7. The van der Waals surface area contributed by atoms with Gasteiger partial charge in [0.15, 0.2) is 0 Å². The number of halogens is 1. The van der Waals surface area contributed by atoms with Crippen molar-refractivity contribution in [3.63, 3.8) is 0 Å². The van der Waals surface area contributed by atoms with Crippen LogP contribution < -0.4 is 5.32 Å². The number of hydrogen-bond donors (Lipinski definition) is 1. The predicted molar refractivity (Wildman–Crippen MR) is 80.2 cm³/mol. The fourth-order valence-corrected chi connectivity index (χ4v) is 3.19. The van der Waals surface area contributed by atoms with Gasteiger partial charge in [0.05, 0.1) is 0 Å². The van der Waals surface area contributed by atoms with E-state index < -0.39 is 0 Å². The lowest BCUT2D eigenvalue weighted by Crippen LogP contribution is -2.24. The van der Waals surface area contributed by atoms with Crippen molar-refractivity contribution < 1.29 is 0 Å². The third kappa shape index (κ3) is 3.58. The van der Waals surface area contributed by atoms with E-state index in [4.69, 9.17) is 11.6 Å². The first kappa shape index (κ1) is 13.6. The molecule has 1 unspecified atom stereocenters. The Labute approximate surface area is 118 Å². The summed E-state index contributed by atoms with van der Waals surface area (Å²) < 4.78 is 0. The second kappa shape index (κ2) is 6.37. The predicted octanol–water partition coefficient (Wildman–Crippen LogP) is 4.89. The van der Waals surface area contributed by atoms with Gasteiger partial charge >= 0.3 is 0 Å². The van der Waals surface area contributed by atoms with Crippen molar-refractivity contribution in [1.82, 2.24) is 5.32 Å². The monoisotopic (exact) mass is 279 g/mol. The van der Waals surface area contributed by atoms with Crippen LogP contribution in [0, 0.1) is 5.92 Å². The van der Waals surface area contributed by atoms with E-state index in [9.17, 15) is 0 Å². The molecule has 2 rings (SSSR count). The first-order valence-electron chi connectivity index (χ1n) is 6.18. The van der Waals surface area contributed by atoms with Crippen molar-refractivity contribution in [1.29, 1.82) is 0 Å². The molecule has 1 atom stereocenters. The Morgan fingerprint density at radius 1 is 1.22 bits per heavy atom. The van der Waals surface area contributed by atoms with Gasteiger partial charge in [-0.1, -0.05) is 43.6 Å². The summed E-state index contributed by atoms with van der Waals surface area (Å²) in [5.74, 6) is 0.572. The van der Waals surface area contributed by atoms with Gasteiger partial charge < -0.3 is 5.32 Å². The first-order chi connectivity index (χ1) is 8.66. The zero-order chi connectivity index (χ0) is 13.0. The fourth-order valence-electron chi connectivity index (χ4n) is 2.01. The summed E-state index contributed by atoms with van der Waals surface area (Å²) in [6, 6.07) is 12.7. The van der Waals surface area contributed by atoms with Crippen LogP contribution in [0.2, 0.25) is 5.02 Å². The minimum atomic E-state index is 0.406. The highest BCUT2D eigenvalue weighted by Crippen LogP contribution is 2.26. The van der Waals surface area contributed by atoms with Crippen LogP contribution in [0.5, 0.6) is 0 Å². The third-order valence-electron chi connectivity index (χ3n) is 2.93. The number of benzene rings is 1. The Morgan fingerprint density at radius 3 is 2.67 bits per heavy atom. The SMILES string of the molecule is CC(C)C(NCc1cccc(Cl)c1)c1cccs1. The van der Waals surface area contributed by atoms with E-state index in [1.165, 1.54) is 10.4 Å². The highest BCUT2D eigenvalue weighted by atomic mass is 35.5. The summed E-state index contributed by atoms with van der Waals surface area (Å²) in [7, 11) is 0. The molecule has 96 valence electrons. The summed E-state index contributed by atoms with van der Waals surface area (Å²) in [6.07, 6.45) is 0. The van der Waals surface area contributed by atoms with Gasteiger partial charge in [-0.05, 0) is 35.1 Å². The number of hydrogen-bond acceptors (Lipinski definition) is 2. The molecular weight excluding hydrogens is 262 g/mol. The van der Waals surface area contributed by atoms with Crippen LogP contribution in [0.15, 0.2) is 41.8 Å². The van der Waals surface area contributed by atoms with Gasteiger partial charge in [0.2, 0.25) is 0 Å². The molecule has 0 fully saturated rings. The van der Waals surface area contributed by atoms with Crippen molar-refractivity contribution >= 4 is 22.9 Å². The van der Waals surface area contributed by atoms with Crippen LogP contribution in [-0.2, 0) is 6.54 Å². The van der Waals surface area contributed by atoms with Gasteiger partial charge in [0.1, 0.15) is 0 Å². The maximum absolute atomic E-state index is 6.00. The lowest BCUT2D eigenvalue weighted by atomic mass is 10.0. The van der Waals surface area contributed by atoms with E-state index in [2.05, 4.69) is 42.7 Å². The Balaban J connectivity index is 2.03. The van der Waals surface area contributed by atoms with Crippen molar-refractivity contribution in [2.75, 3.05) is 0 Å². The zero-order valence-corrected chi connectivity index (χ0v) is 12.3. The summed E-state index contributed by atoms with van der Waals surface area (Å²) in [5.41, 5.74) is 1.23. The standard InChI is InChI=1S/C15H18ClNS/c1-11(2)15(14-7-4-8-18-14)17-10-12-5-3-6-13(16)9-12/h3-9,11,15,17H,10H2,1-2H3. The van der Waals surface area contributed by atoms with Gasteiger partial charge in [0, 0.05) is 22.5 Å². The topological polar surface area (TPSA) is 12.0 Å². The number of thiophene rings is 1. The molecule has 1 N–H and O–H groups in total. The van der Waals surface area contributed by atoms with Crippen LogP contribution in [0.3, 0.4) is 0 Å². The van der Waals surface area contributed by atoms with E-state index in [-0.39, 0.29) is 0 Å². The highest BCUT2D eigenvalue weighted by Gasteiger charge is 2.15. The lowest BCUT2D eigenvalue weighted by Gasteiger charge is -2.21. The van der Waals surface area contributed by atoms with Crippen molar-refractivity contribution in [2.24, 2.45) is 5.92 Å². The van der Waals surface area contributed by atoms with E-state index in [0.717, 1.165) is 11.6 Å². The molecule has 2 aromatic rings. The summed E-state index contributed by atoms with van der Waals surface area (Å²) in [4.78, 5) is 1.40. The van der Waals surface area contributed by atoms with E-state index in [0.29, 0.717) is 12.0 Å². The minimum Gasteiger partial charge on any atom is -0.305 e. The first-order valence-corrected chi connectivity index (χ1v) is 7.44. The molecule has 0 radical (unpaired) electrons.